The Labute approximate surface area is 142 Å². The summed E-state index contributed by atoms with van der Waals surface area (Å²) in [5.74, 6) is 0.769. The molecule has 1 heterocycles. The first kappa shape index (κ1) is 17.9. The number of anilines is 1. The summed E-state index contributed by atoms with van der Waals surface area (Å²) in [6.07, 6.45) is -0.209. The van der Waals surface area contributed by atoms with Gasteiger partial charge in [0.15, 0.2) is 0 Å². The van der Waals surface area contributed by atoms with Crippen LogP contribution in [0.5, 0.6) is 5.75 Å². The number of carbonyl (C=O) groups excluding carboxylic acids is 2. The van der Waals surface area contributed by atoms with E-state index in [-0.39, 0.29) is 18.2 Å². The van der Waals surface area contributed by atoms with Crippen LogP contribution in [-0.2, 0) is 4.74 Å². The molecule has 132 valence electrons. The molecule has 1 aromatic carbocycles. The molecule has 1 aliphatic heterocycles. The SMILES string of the molecule is CCOC(=O)N1CCN(C(=O)Nc2ccc(OC(C)C)cc2)CC1. The van der Waals surface area contributed by atoms with Gasteiger partial charge in [0.2, 0.25) is 0 Å². The second-order valence-electron chi connectivity index (χ2n) is 5.79. The van der Waals surface area contributed by atoms with Gasteiger partial charge < -0.3 is 24.6 Å². The molecule has 1 N–H and O–H groups in total. The number of rotatable bonds is 4. The molecule has 0 saturated carbocycles. The molecule has 0 bridgehead atoms. The van der Waals surface area contributed by atoms with Crippen molar-refractivity contribution >= 4 is 17.8 Å². The van der Waals surface area contributed by atoms with Crippen LogP contribution in [0.3, 0.4) is 0 Å². The van der Waals surface area contributed by atoms with Crippen molar-refractivity contribution in [2.24, 2.45) is 0 Å². The molecule has 0 aliphatic carbocycles. The van der Waals surface area contributed by atoms with E-state index in [9.17, 15) is 9.59 Å². The summed E-state index contributed by atoms with van der Waals surface area (Å²) < 4.78 is 10.5. The average molecular weight is 335 g/mol. The Bertz CT molecular complexity index is 551. The molecule has 2 rings (SSSR count). The van der Waals surface area contributed by atoms with E-state index in [1.54, 1.807) is 16.7 Å². The smallest absolute Gasteiger partial charge is 0.409 e. The number of urea groups is 1. The number of hydrogen-bond acceptors (Lipinski definition) is 4. The first-order valence-corrected chi connectivity index (χ1v) is 8.24. The summed E-state index contributed by atoms with van der Waals surface area (Å²) in [6, 6.07) is 7.11. The highest BCUT2D eigenvalue weighted by Gasteiger charge is 2.24. The Hall–Kier alpha value is -2.44. The van der Waals surface area contributed by atoms with Crippen molar-refractivity contribution in [1.82, 2.24) is 9.80 Å². The van der Waals surface area contributed by atoms with Gasteiger partial charge in [-0.1, -0.05) is 0 Å². The number of ether oxygens (including phenoxy) is 2. The molecule has 0 radical (unpaired) electrons. The molecule has 1 aromatic rings. The molecule has 24 heavy (non-hydrogen) atoms. The Balaban J connectivity index is 1.82. The highest BCUT2D eigenvalue weighted by atomic mass is 16.6. The zero-order chi connectivity index (χ0) is 17.5. The van der Waals surface area contributed by atoms with Crippen LogP contribution in [0.1, 0.15) is 20.8 Å². The lowest BCUT2D eigenvalue weighted by molar-refractivity contribution is 0.0868. The quantitative estimate of drug-likeness (QED) is 0.918. The van der Waals surface area contributed by atoms with Crippen LogP contribution in [0.4, 0.5) is 15.3 Å². The number of nitrogens with zero attached hydrogens (tertiary/aromatic N) is 2. The van der Waals surface area contributed by atoms with Gasteiger partial charge in [-0.3, -0.25) is 0 Å². The third-order valence-corrected chi connectivity index (χ3v) is 3.57. The fourth-order valence-corrected chi connectivity index (χ4v) is 2.40. The first-order valence-electron chi connectivity index (χ1n) is 8.24. The minimum atomic E-state index is -0.321. The zero-order valence-corrected chi connectivity index (χ0v) is 14.4. The number of amides is 3. The van der Waals surface area contributed by atoms with Gasteiger partial charge in [-0.05, 0) is 45.0 Å². The number of piperazine rings is 1. The molecule has 3 amide bonds. The van der Waals surface area contributed by atoms with Crippen LogP contribution in [0, 0.1) is 0 Å². The number of carbonyl (C=O) groups is 2. The molecular weight excluding hydrogens is 310 g/mol. The Morgan fingerprint density at radius 1 is 1.08 bits per heavy atom. The van der Waals surface area contributed by atoms with Gasteiger partial charge >= 0.3 is 12.1 Å². The molecule has 7 nitrogen and oxygen atoms in total. The maximum absolute atomic E-state index is 12.3. The molecule has 1 aliphatic rings. The second kappa shape index (κ2) is 8.42. The average Bonchev–Trinajstić information content (AvgIpc) is 2.56. The van der Waals surface area contributed by atoms with Gasteiger partial charge in [-0.25, -0.2) is 9.59 Å². The van der Waals surface area contributed by atoms with Crippen molar-refractivity contribution in [3.63, 3.8) is 0 Å². The zero-order valence-electron chi connectivity index (χ0n) is 14.4. The summed E-state index contributed by atoms with van der Waals surface area (Å²) >= 11 is 0. The van der Waals surface area contributed by atoms with E-state index in [0.717, 1.165) is 5.75 Å². The highest BCUT2D eigenvalue weighted by molar-refractivity contribution is 5.89. The van der Waals surface area contributed by atoms with Gasteiger partial charge in [0, 0.05) is 31.9 Å². The van der Waals surface area contributed by atoms with E-state index in [1.165, 1.54) is 0 Å². The van der Waals surface area contributed by atoms with Crippen LogP contribution in [0.15, 0.2) is 24.3 Å². The summed E-state index contributed by atoms with van der Waals surface area (Å²) in [7, 11) is 0. The van der Waals surface area contributed by atoms with E-state index in [2.05, 4.69) is 5.32 Å². The summed E-state index contributed by atoms with van der Waals surface area (Å²) in [4.78, 5) is 27.2. The Kier molecular flexibility index (Phi) is 6.28. The van der Waals surface area contributed by atoms with Crippen molar-refractivity contribution in [2.75, 3.05) is 38.1 Å². The fraction of sp³-hybridized carbons (Fsp3) is 0.529. The van der Waals surface area contributed by atoms with E-state index in [1.807, 2.05) is 38.1 Å². The van der Waals surface area contributed by atoms with Crippen LogP contribution in [-0.4, -0.2) is 60.8 Å². The fourth-order valence-electron chi connectivity index (χ4n) is 2.40. The summed E-state index contributed by atoms with van der Waals surface area (Å²) in [5.41, 5.74) is 0.712. The molecule has 0 unspecified atom stereocenters. The monoisotopic (exact) mass is 335 g/mol. The molecule has 1 saturated heterocycles. The van der Waals surface area contributed by atoms with Gasteiger partial charge in [-0.2, -0.15) is 0 Å². The lowest BCUT2D eigenvalue weighted by Gasteiger charge is -2.34. The predicted octanol–water partition coefficient (Wildman–Crippen LogP) is 2.78. The molecule has 1 fully saturated rings. The van der Waals surface area contributed by atoms with Crippen LogP contribution < -0.4 is 10.1 Å². The molecule has 0 spiro atoms. The Morgan fingerprint density at radius 3 is 2.21 bits per heavy atom. The molecule has 0 atom stereocenters. The van der Waals surface area contributed by atoms with E-state index < -0.39 is 0 Å². The van der Waals surface area contributed by atoms with Crippen LogP contribution in [0.25, 0.3) is 0 Å². The van der Waals surface area contributed by atoms with Gasteiger partial charge in [0.1, 0.15) is 5.75 Å². The van der Waals surface area contributed by atoms with E-state index in [0.29, 0.717) is 38.5 Å². The van der Waals surface area contributed by atoms with E-state index >= 15 is 0 Å². The van der Waals surface area contributed by atoms with Crippen LogP contribution in [0.2, 0.25) is 0 Å². The lowest BCUT2D eigenvalue weighted by Crippen LogP contribution is -2.51. The Morgan fingerprint density at radius 2 is 1.67 bits per heavy atom. The third-order valence-electron chi connectivity index (χ3n) is 3.57. The van der Waals surface area contributed by atoms with Gasteiger partial charge in [0.25, 0.3) is 0 Å². The predicted molar refractivity (Wildman–Crippen MR) is 91.4 cm³/mol. The molecule has 7 heteroatoms. The minimum absolute atomic E-state index is 0.112. The summed E-state index contributed by atoms with van der Waals surface area (Å²) in [6.45, 7) is 7.99. The van der Waals surface area contributed by atoms with E-state index in [4.69, 9.17) is 9.47 Å². The number of nitrogens with one attached hydrogen (secondary N) is 1. The third kappa shape index (κ3) is 5.04. The highest BCUT2D eigenvalue weighted by Crippen LogP contribution is 2.17. The summed E-state index contributed by atoms with van der Waals surface area (Å²) in [5, 5.41) is 2.86. The lowest BCUT2D eigenvalue weighted by atomic mass is 10.3. The van der Waals surface area contributed by atoms with Gasteiger partial charge in [-0.15, -0.1) is 0 Å². The standard InChI is InChI=1S/C17H25N3O4/c1-4-23-17(22)20-11-9-19(10-12-20)16(21)18-14-5-7-15(8-6-14)24-13(2)3/h5-8,13H,4,9-12H2,1-3H3,(H,18,21). The van der Waals surface area contributed by atoms with Crippen molar-refractivity contribution in [1.29, 1.82) is 0 Å². The minimum Gasteiger partial charge on any atom is -0.491 e. The second-order valence-corrected chi connectivity index (χ2v) is 5.79. The topological polar surface area (TPSA) is 71.1 Å². The molecule has 0 aromatic heterocycles. The van der Waals surface area contributed by atoms with Crippen molar-refractivity contribution in [3.8, 4) is 5.75 Å². The van der Waals surface area contributed by atoms with Crippen molar-refractivity contribution < 1.29 is 19.1 Å². The number of benzene rings is 1. The maximum Gasteiger partial charge on any atom is 0.409 e. The van der Waals surface area contributed by atoms with Gasteiger partial charge in [0.05, 0.1) is 12.7 Å². The van der Waals surface area contributed by atoms with Crippen LogP contribution >= 0.6 is 0 Å². The largest absolute Gasteiger partial charge is 0.491 e. The maximum atomic E-state index is 12.3. The first-order chi connectivity index (χ1) is 11.5. The van der Waals surface area contributed by atoms with Crippen molar-refractivity contribution in [3.05, 3.63) is 24.3 Å². The molecular formula is C17H25N3O4. The number of hydrogen-bond donors (Lipinski definition) is 1. The van der Waals surface area contributed by atoms with Crippen molar-refractivity contribution in [2.45, 2.75) is 26.9 Å². The normalized spacial score (nSPS) is 14.5.